The topological polar surface area (TPSA) is 32.3 Å². The summed E-state index contributed by atoms with van der Waals surface area (Å²) in [6.45, 7) is 1.84. The van der Waals surface area contributed by atoms with Crippen molar-refractivity contribution >= 4 is 29.4 Å². The van der Waals surface area contributed by atoms with E-state index in [-0.39, 0.29) is 5.91 Å². The van der Waals surface area contributed by atoms with Crippen molar-refractivity contribution in [3.05, 3.63) is 0 Å². The molecule has 5 heteroatoms. The van der Waals surface area contributed by atoms with Crippen LogP contribution in [-0.4, -0.2) is 60.5 Å². The summed E-state index contributed by atoms with van der Waals surface area (Å²) < 4.78 is 0. The number of thioether (sulfide) groups is 2. The van der Waals surface area contributed by atoms with Gasteiger partial charge in [-0.15, -0.1) is 0 Å². The number of hydrogen-bond donors (Lipinski definition) is 1. The van der Waals surface area contributed by atoms with Gasteiger partial charge >= 0.3 is 0 Å². The van der Waals surface area contributed by atoms with E-state index in [2.05, 4.69) is 5.32 Å². The maximum Gasteiger partial charge on any atom is 0.223 e. The zero-order chi connectivity index (χ0) is 11.1. The minimum Gasteiger partial charge on any atom is -0.349 e. The van der Waals surface area contributed by atoms with Crippen LogP contribution in [0, 0.1) is 0 Å². The predicted octanol–water partition coefficient (Wildman–Crippen LogP) is 0.903. The molecule has 1 unspecified atom stereocenters. The van der Waals surface area contributed by atoms with Crippen molar-refractivity contribution in [2.24, 2.45) is 0 Å². The molecule has 15 heavy (non-hydrogen) atoms. The lowest BCUT2D eigenvalue weighted by molar-refractivity contribution is -0.128. The second-order valence-corrected chi connectivity index (χ2v) is 6.37. The molecule has 3 nitrogen and oxygen atoms in total. The third kappa shape index (κ3) is 5.68. The Morgan fingerprint density at radius 3 is 2.87 bits per heavy atom. The quantitative estimate of drug-likeness (QED) is 0.733. The summed E-state index contributed by atoms with van der Waals surface area (Å²) in [6.07, 6.45) is 0.609. The molecule has 1 aliphatic heterocycles. The van der Waals surface area contributed by atoms with E-state index < -0.39 is 0 Å². The van der Waals surface area contributed by atoms with Crippen LogP contribution in [0.2, 0.25) is 0 Å². The lowest BCUT2D eigenvalue weighted by atomic mass is 10.3. The maximum atomic E-state index is 11.3. The first-order chi connectivity index (χ1) is 7.20. The van der Waals surface area contributed by atoms with E-state index in [0.29, 0.717) is 6.42 Å². The number of carbonyl (C=O) groups is 1. The molecule has 1 atom stereocenters. The van der Waals surface area contributed by atoms with Crippen molar-refractivity contribution in [3.8, 4) is 0 Å². The monoisotopic (exact) mass is 248 g/mol. The molecule has 0 aromatic carbocycles. The number of carbonyl (C=O) groups excluding carboxylic acids is 1. The summed E-state index contributed by atoms with van der Waals surface area (Å²) in [5.74, 6) is 4.01. The fourth-order valence-electron chi connectivity index (χ4n) is 1.34. The highest BCUT2D eigenvalue weighted by Gasteiger charge is 2.13. The Hall–Kier alpha value is 0.130. The van der Waals surface area contributed by atoms with Crippen LogP contribution in [0.15, 0.2) is 0 Å². The zero-order valence-corrected chi connectivity index (χ0v) is 11.1. The smallest absolute Gasteiger partial charge is 0.223 e. The average molecular weight is 248 g/mol. The zero-order valence-electron chi connectivity index (χ0n) is 9.49. The van der Waals surface area contributed by atoms with E-state index in [9.17, 15) is 4.79 Å². The van der Waals surface area contributed by atoms with Crippen LogP contribution < -0.4 is 5.32 Å². The number of nitrogens with one attached hydrogen (secondary N) is 1. The van der Waals surface area contributed by atoms with Crippen LogP contribution in [0.4, 0.5) is 0 Å². The Bertz CT molecular complexity index is 194. The molecule has 0 radical (unpaired) electrons. The van der Waals surface area contributed by atoms with Crippen molar-refractivity contribution in [1.82, 2.24) is 10.2 Å². The van der Waals surface area contributed by atoms with Crippen LogP contribution in [0.25, 0.3) is 0 Å². The summed E-state index contributed by atoms with van der Waals surface area (Å²) in [6, 6.07) is 0. The highest BCUT2D eigenvalue weighted by Crippen LogP contribution is 2.23. The molecule has 1 heterocycles. The van der Waals surface area contributed by atoms with Gasteiger partial charge < -0.3 is 10.2 Å². The van der Waals surface area contributed by atoms with Gasteiger partial charge in [0.05, 0.1) is 0 Å². The van der Waals surface area contributed by atoms with Gasteiger partial charge in [-0.1, -0.05) is 0 Å². The fraction of sp³-hybridized carbons (Fsp3) is 0.900. The second-order valence-electron chi connectivity index (χ2n) is 3.81. The third-order valence-corrected chi connectivity index (χ3v) is 5.12. The summed E-state index contributed by atoms with van der Waals surface area (Å²) in [5.41, 5.74) is 0. The molecule has 1 aliphatic rings. The van der Waals surface area contributed by atoms with Gasteiger partial charge in [0.1, 0.15) is 0 Å². The number of amides is 1. The Morgan fingerprint density at radius 1 is 1.47 bits per heavy atom. The number of nitrogens with zero attached hydrogens (tertiary/aromatic N) is 1. The van der Waals surface area contributed by atoms with E-state index >= 15 is 0 Å². The van der Waals surface area contributed by atoms with Crippen molar-refractivity contribution in [2.75, 3.05) is 44.4 Å². The lowest BCUT2D eigenvalue weighted by Gasteiger charge is -2.21. The largest absolute Gasteiger partial charge is 0.349 e. The van der Waals surface area contributed by atoms with Crippen molar-refractivity contribution in [3.63, 3.8) is 0 Å². The highest BCUT2D eigenvalue weighted by atomic mass is 32.2. The first-order valence-electron chi connectivity index (χ1n) is 5.30. The van der Waals surface area contributed by atoms with Gasteiger partial charge in [0.15, 0.2) is 0 Å². The first kappa shape index (κ1) is 13.2. The standard InChI is InChI=1S/C10H20N2OS2/c1-12(2)10(13)3-4-11-7-9-8-14-5-6-15-9/h9,11H,3-8H2,1-2H3. The predicted molar refractivity (Wildman–Crippen MR) is 69.8 cm³/mol. The van der Waals surface area contributed by atoms with Gasteiger partial charge in [0.25, 0.3) is 0 Å². The summed E-state index contributed by atoms with van der Waals surface area (Å²) in [5, 5.41) is 4.09. The van der Waals surface area contributed by atoms with Gasteiger partial charge in [-0.2, -0.15) is 23.5 Å². The van der Waals surface area contributed by atoms with E-state index in [1.165, 1.54) is 17.3 Å². The molecule has 88 valence electrons. The van der Waals surface area contributed by atoms with Crippen LogP contribution >= 0.6 is 23.5 Å². The Kier molecular flexibility index (Phi) is 6.52. The normalized spacial score (nSPS) is 21.3. The summed E-state index contributed by atoms with van der Waals surface area (Å²) in [7, 11) is 3.60. The Morgan fingerprint density at radius 2 is 2.27 bits per heavy atom. The third-order valence-electron chi connectivity index (χ3n) is 2.27. The van der Waals surface area contributed by atoms with Crippen LogP contribution in [0.5, 0.6) is 0 Å². The molecular formula is C10H20N2OS2. The number of hydrogen-bond acceptors (Lipinski definition) is 4. The Labute approximate surface area is 101 Å². The fourth-order valence-corrected chi connectivity index (χ4v) is 3.98. The Balaban J connectivity index is 1.98. The van der Waals surface area contributed by atoms with Crippen LogP contribution in [-0.2, 0) is 4.79 Å². The molecule has 0 aromatic rings. The van der Waals surface area contributed by atoms with Gasteiger partial charge in [-0.3, -0.25) is 4.79 Å². The van der Waals surface area contributed by atoms with Crippen molar-refractivity contribution < 1.29 is 4.79 Å². The SMILES string of the molecule is CN(C)C(=O)CCNCC1CSCCS1. The van der Waals surface area contributed by atoms with E-state index in [0.717, 1.165) is 18.3 Å². The van der Waals surface area contributed by atoms with Crippen molar-refractivity contribution in [2.45, 2.75) is 11.7 Å². The molecule has 0 bridgehead atoms. The molecule has 0 saturated carbocycles. The van der Waals surface area contributed by atoms with E-state index in [4.69, 9.17) is 0 Å². The molecule has 0 aliphatic carbocycles. The minimum absolute atomic E-state index is 0.202. The van der Waals surface area contributed by atoms with E-state index in [1.54, 1.807) is 19.0 Å². The van der Waals surface area contributed by atoms with Crippen LogP contribution in [0.1, 0.15) is 6.42 Å². The van der Waals surface area contributed by atoms with Crippen molar-refractivity contribution in [1.29, 1.82) is 0 Å². The molecule has 1 N–H and O–H groups in total. The molecule has 1 saturated heterocycles. The second kappa shape index (κ2) is 7.41. The van der Waals surface area contributed by atoms with Gasteiger partial charge in [0, 0.05) is 56.1 Å². The summed E-state index contributed by atoms with van der Waals surface area (Å²) >= 11 is 4.09. The molecular weight excluding hydrogens is 228 g/mol. The molecule has 0 spiro atoms. The van der Waals surface area contributed by atoms with E-state index in [1.807, 2.05) is 23.5 Å². The van der Waals surface area contributed by atoms with Gasteiger partial charge in [0.2, 0.25) is 5.91 Å². The molecule has 0 aromatic heterocycles. The molecule has 1 rings (SSSR count). The minimum atomic E-state index is 0.202. The molecule has 1 amide bonds. The first-order valence-corrected chi connectivity index (χ1v) is 7.50. The van der Waals surface area contributed by atoms with Crippen LogP contribution in [0.3, 0.4) is 0 Å². The molecule has 1 fully saturated rings. The highest BCUT2D eigenvalue weighted by molar-refractivity contribution is 8.06. The van der Waals surface area contributed by atoms with Gasteiger partial charge in [-0.25, -0.2) is 0 Å². The summed E-state index contributed by atoms with van der Waals surface area (Å²) in [4.78, 5) is 12.9. The average Bonchev–Trinajstić information content (AvgIpc) is 2.25. The lowest BCUT2D eigenvalue weighted by Crippen LogP contribution is -2.32. The van der Waals surface area contributed by atoms with Gasteiger partial charge in [-0.05, 0) is 0 Å². The maximum absolute atomic E-state index is 11.3. The number of rotatable bonds is 5.